The molecule has 5 rings (SSSR count). The minimum absolute atomic E-state index is 0.283. The van der Waals surface area contributed by atoms with Gasteiger partial charge in [0.1, 0.15) is 28.9 Å². The molecule has 0 spiro atoms. The molecule has 0 bridgehead atoms. The molecule has 0 amide bonds. The van der Waals surface area contributed by atoms with E-state index < -0.39 is 5.97 Å². The highest BCUT2D eigenvalue weighted by Gasteiger charge is 2.18. The van der Waals surface area contributed by atoms with Crippen LogP contribution in [0.25, 0.3) is 32.6 Å². The number of carboxylic acids is 1. The molecule has 2 aromatic heterocycles. The van der Waals surface area contributed by atoms with Gasteiger partial charge in [-0.05, 0) is 67.1 Å². The summed E-state index contributed by atoms with van der Waals surface area (Å²) in [6.45, 7) is 1.74. The van der Waals surface area contributed by atoms with Crippen LogP contribution in [0.15, 0.2) is 79.0 Å². The van der Waals surface area contributed by atoms with Crippen LogP contribution in [-0.2, 0) is 11.4 Å². The van der Waals surface area contributed by atoms with E-state index in [9.17, 15) is 4.79 Å². The lowest BCUT2D eigenvalue weighted by Gasteiger charge is -2.09. The van der Waals surface area contributed by atoms with Gasteiger partial charge in [-0.2, -0.15) is 0 Å². The van der Waals surface area contributed by atoms with E-state index in [0.29, 0.717) is 11.5 Å². The molecule has 0 unspecified atom stereocenters. The zero-order valence-corrected chi connectivity index (χ0v) is 21.1. The van der Waals surface area contributed by atoms with Crippen molar-refractivity contribution in [2.24, 2.45) is 0 Å². The highest BCUT2D eigenvalue weighted by atomic mass is 32.1. The maximum absolute atomic E-state index is 10.8. The van der Waals surface area contributed by atoms with Crippen molar-refractivity contribution in [1.29, 1.82) is 0 Å². The van der Waals surface area contributed by atoms with Crippen LogP contribution in [0.3, 0.4) is 0 Å². The van der Waals surface area contributed by atoms with Crippen molar-refractivity contribution in [2.75, 3.05) is 13.7 Å². The van der Waals surface area contributed by atoms with Crippen LogP contribution in [0.2, 0.25) is 0 Å². The normalized spacial score (nSPS) is 10.9. The monoisotopic (exact) mass is 512 g/mol. The van der Waals surface area contributed by atoms with Gasteiger partial charge in [0, 0.05) is 22.7 Å². The fourth-order valence-corrected chi connectivity index (χ4v) is 5.05. The van der Waals surface area contributed by atoms with E-state index in [2.05, 4.69) is 17.1 Å². The lowest BCUT2D eigenvalue weighted by molar-refractivity contribution is -0.139. The average Bonchev–Trinajstić information content (AvgIpc) is 3.35. The first-order valence-corrected chi connectivity index (χ1v) is 12.4. The molecule has 0 radical (unpaired) electrons. The van der Waals surface area contributed by atoms with Crippen LogP contribution < -0.4 is 14.2 Å². The van der Waals surface area contributed by atoms with Crippen LogP contribution in [0.1, 0.15) is 10.6 Å². The number of hydrogen-bond donors (Lipinski definition) is 1. The number of benzene rings is 3. The van der Waals surface area contributed by atoms with E-state index in [-0.39, 0.29) is 13.2 Å². The molecule has 37 heavy (non-hydrogen) atoms. The number of aryl methyl sites for hydroxylation is 1. The third-order valence-corrected chi connectivity index (χ3v) is 6.85. The van der Waals surface area contributed by atoms with Crippen LogP contribution in [0.5, 0.6) is 17.2 Å². The summed E-state index contributed by atoms with van der Waals surface area (Å²) in [6, 6.07) is 23.3. The van der Waals surface area contributed by atoms with Crippen molar-refractivity contribution in [3.8, 4) is 38.9 Å². The SMILES string of the molecule is COc1ccc(-c2nc(COc3ccc(OCC(=O)O)c(C)c3)sc2-c2cccc3ncccc23)cc1. The molecule has 0 fully saturated rings. The number of hydrogen-bond acceptors (Lipinski definition) is 7. The summed E-state index contributed by atoms with van der Waals surface area (Å²) in [5.74, 6) is 0.925. The standard InChI is InChI=1S/C29H24N2O5S/c1-18-15-21(12-13-25(18)36-17-27(32)33)35-16-26-31-28(19-8-10-20(34-2)11-9-19)29(37-26)23-5-3-7-24-22(23)6-4-14-30-24/h3-15H,16-17H2,1-2H3,(H,32,33). The predicted octanol–water partition coefficient (Wildman–Crippen LogP) is 6.38. The minimum Gasteiger partial charge on any atom is -0.497 e. The second-order valence-corrected chi connectivity index (χ2v) is 9.37. The number of pyridine rings is 1. The first-order valence-electron chi connectivity index (χ1n) is 11.6. The maximum atomic E-state index is 10.8. The molecule has 7 nitrogen and oxygen atoms in total. The van der Waals surface area contributed by atoms with Gasteiger partial charge in [0.2, 0.25) is 0 Å². The lowest BCUT2D eigenvalue weighted by atomic mass is 10.0. The number of methoxy groups -OCH3 is 1. The second kappa shape index (κ2) is 10.7. The van der Waals surface area contributed by atoms with E-state index in [4.69, 9.17) is 24.3 Å². The third kappa shape index (κ3) is 5.39. The predicted molar refractivity (Wildman–Crippen MR) is 143 cm³/mol. The Labute approximate surface area is 217 Å². The molecule has 0 saturated heterocycles. The molecule has 186 valence electrons. The van der Waals surface area contributed by atoms with E-state index in [1.54, 1.807) is 36.8 Å². The Kier molecular flexibility index (Phi) is 7.00. The van der Waals surface area contributed by atoms with Gasteiger partial charge >= 0.3 is 5.97 Å². The molecule has 0 aliphatic rings. The molecule has 1 N–H and O–H groups in total. The van der Waals surface area contributed by atoms with E-state index in [1.807, 2.05) is 55.5 Å². The Morgan fingerprint density at radius 3 is 2.54 bits per heavy atom. The smallest absolute Gasteiger partial charge is 0.341 e. The Balaban J connectivity index is 1.47. The van der Waals surface area contributed by atoms with Crippen molar-refractivity contribution in [3.63, 3.8) is 0 Å². The quantitative estimate of drug-likeness (QED) is 0.245. The fourth-order valence-electron chi connectivity index (χ4n) is 4.01. The molecular weight excluding hydrogens is 488 g/mol. The number of thiazole rings is 1. The van der Waals surface area contributed by atoms with Crippen molar-refractivity contribution in [3.05, 3.63) is 89.6 Å². The van der Waals surface area contributed by atoms with Gasteiger partial charge in [-0.15, -0.1) is 11.3 Å². The van der Waals surface area contributed by atoms with Crippen molar-refractivity contribution >= 4 is 28.2 Å². The molecule has 0 aliphatic carbocycles. The summed E-state index contributed by atoms with van der Waals surface area (Å²) in [6.07, 6.45) is 1.79. The summed E-state index contributed by atoms with van der Waals surface area (Å²) in [4.78, 5) is 21.3. The van der Waals surface area contributed by atoms with E-state index >= 15 is 0 Å². The van der Waals surface area contributed by atoms with E-state index in [1.165, 1.54) is 0 Å². The van der Waals surface area contributed by atoms with Gasteiger partial charge in [0.25, 0.3) is 0 Å². The first kappa shape index (κ1) is 24.3. The number of ether oxygens (including phenoxy) is 3. The number of fused-ring (bicyclic) bond motifs is 1. The van der Waals surface area contributed by atoms with Crippen LogP contribution in [0.4, 0.5) is 0 Å². The average molecular weight is 513 g/mol. The Bertz CT molecular complexity index is 1560. The number of aliphatic carboxylic acids is 1. The van der Waals surface area contributed by atoms with Crippen LogP contribution in [0, 0.1) is 6.92 Å². The fraction of sp³-hybridized carbons (Fsp3) is 0.138. The zero-order valence-electron chi connectivity index (χ0n) is 20.3. The second-order valence-electron chi connectivity index (χ2n) is 8.29. The maximum Gasteiger partial charge on any atom is 0.341 e. The third-order valence-electron chi connectivity index (χ3n) is 5.79. The zero-order chi connectivity index (χ0) is 25.8. The van der Waals surface area contributed by atoms with Gasteiger partial charge < -0.3 is 19.3 Å². The van der Waals surface area contributed by atoms with Gasteiger partial charge in [0.15, 0.2) is 6.61 Å². The molecule has 5 aromatic rings. The topological polar surface area (TPSA) is 90.8 Å². The van der Waals surface area contributed by atoms with Crippen molar-refractivity contribution < 1.29 is 24.1 Å². The Morgan fingerprint density at radius 1 is 0.973 bits per heavy atom. The van der Waals surface area contributed by atoms with Crippen LogP contribution in [-0.4, -0.2) is 34.8 Å². The van der Waals surface area contributed by atoms with Gasteiger partial charge in [-0.3, -0.25) is 4.98 Å². The first-order chi connectivity index (χ1) is 18.0. The highest BCUT2D eigenvalue weighted by molar-refractivity contribution is 7.15. The van der Waals surface area contributed by atoms with E-state index in [0.717, 1.165) is 48.9 Å². The number of carboxylic acid groups (broad SMARTS) is 1. The number of nitrogens with zero attached hydrogens (tertiary/aromatic N) is 2. The summed E-state index contributed by atoms with van der Waals surface area (Å²) in [7, 11) is 1.65. The summed E-state index contributed by atoms with van der Waals surface area (Å²) in [5, 5.41) is 10.7. The number of aromatic nitrogens is 2. The molecule has 3 aromatic carbocycles. The largest absolute Gasteiger partial charge is 0.497 e. The molecule has 8 heteroatoms. The number of carbonyl (C=O) groups is 1. The summed E-state index contributed by atoms with van der Waals surface area (Å²) >= 11 is 1.59. The molecular formula is C29H24N2O5S. The Hall–Kier alpha value is -4.43. The summed E-state index contributed by atoms with van der Waals surface area (Å²) < 4.78 is 16.7. The van der Waals surface area contributed by atoms with Gasteiger partial charge in [0.05, 0.1) is 23.2 Å². The van der Waals surface area contributed by atoms with Crippen LogP contribution >= 0.6 is 11.3 Å². The van der Waals surface area contributed by atoms with Gasteiger partial charge in [-0.1, -0.05) is 18.2 Å². The molecule has 0 aliphatic heterocycles. The Morgan fingerprint density at radius 2 is 1.78 bits per heavy atom. The number of rotatable bonds is 9. The summed E-state index contributed by atoms with van der Waals surface area (Å²) in [5.41, 5.74) is 4.63. The minimum atomic E-state index is -1.02. The van der Waals surface area contributed by atoms with Gasteiger partial charge in [-0.25, -0.2) is 9.78 Å². The molecule has 0 atom stereocenters. The van der Waals surface area contributed by atoms with Crippen molar-refractivity contribution in [2.45, 2.75) is 13.5 Å². The molecule has 2 heterocycles. The highest BCUT2D eigenvalue weighted by Crippen LogP contribution is 2.40. The molecule has 0 saturated carbocycles. The van der Waals surface area contributed by atoms with Crippen molar-refractivity contribution in [1.82, 2.24) is 9.97 Å². The lowest BCUT2D eigenvalue weighted by Crippen LogP contribution is -2.10.